The Labute approximate surface area is 99.1 Å². The van der Waals surface area contributed by atoms with Crippen molar-refractivity contribution >= 4 is 23.0 Å². The van der Waals surface area contributed by atoms with Gasteiger partial charge in [-0.1, -0.05) is 23.7 Å². The van der Waals surface area contributed by atoms with Crippen molar-refractivity contribution in [2.24, 2.45) is 0 Å². The number of para-hydroxylation sites is 1. The van der Waals surface area contributed by atoms with E-state index in [0.29, 0.717) is 5.69 Å². The van der Waals surface area contributed by atoms with Crippen LogP contribution in [-0.4, -0.2) is 11.0 Å². The number of halogens is 1. The summed E-state index contributed by atoms with van der Waals surface area (Å²) in [6.45, 7) is 5.54. The minimum atomic E-state index is -0.481. The summed E-state index contributed by atoms with van der Waals surface area (Å²) in [6, 6.07) is 4.90. The van der Waals surface area contributed by atoms with Crippen LogP contribution in [0.3, 0.4) is 0 Å². The maximum absolute atomic E-state index is 10.8. The number of rotatable bonds is 5. The number of benzene rings is 1. The fourth-order valence-corrected chi connectivity index (χ4v) is 1.64. The second kappa shape index (κ2) is 5.51. The Balaban J connectivity index is 2.99. The van der Waals surface area contributed by atoms with Crippen molar-refractivity contribution in [2.45, 2.75) is 19.4 Å². The summed E-state index contributed by atoms with van der Waals surface area (Å²) in [5.74, 6) is 0. The zero-order valence-electron chi connectivity index (χ0n) is 8.94. The van der Waals surface area contributed by atoms with Crippen molar-refractivity contribution in [3.8, 4) is 0 Å². The lowest BCUT2D eigenvalue weighted by molar-refractivity contribution is -0.383. The normalized spacial score (nSPS) is 11.9. The van der Waals surface area contributed by atoms with Gasteiger partial charge in [-0.25, -0.2) is 0 Å². The fraction of sp³-hybridized carbons (Fsp3) is 0.273. The molecule has 0 fully saturated rings. The third-order valence-corrected chi connectivity index (χ3v) is 2.40. The Bertz CT molecular complexity index is 407. The molecule has 0 aliphatic rings. The van der Waals surface area contributed by atoms with Gasteiger partial charge in [-0.2, -0.15) is 0 Å². The number of nitrogens with zero attached hydrogens (tertiary/aromatic N) is 1. The monoisotopic (exact) mass is 240 g/mol. The van der Waals surface area contributed by atoms with E-state index < -0.39 is 4.92 Å². The third kappa shape index (κ3) is 2.97. The van der Waals surface area contributed by atoms with Gasteiger partial charge in [0.15, 0.2) is 0 Å². The van der Waals surface area contributed by atoms with Crippen LogP contribution in [0.4, 0.5) is 11.4 Å². The number of nitro benzene ring substituents is 1. The summed E-state index contributed by atoms with van der Waals surface area (Å²) in [4.78, 5) is 10.4. The number of nitrogens with one attached hydrogen (secondary N) is 1. The molecule has 1 aromatic carbocycles. The maximum atomic E-state index is 10.8. The molecule has 1 N–H and O–H groups in total. The van der Waals surface area contributed by atoms with Gasteiger partial charge in [0, 0.05) is 6.04 Å². The van der Waals surface area contributed by atoms with Crippen LogP contribution < -0.4 is 5.32 Å². The Morgan fingerprint density at radius 3 is 2.94 bits per heavy atom. The highest BCUT2D eigenvalue weighted by atomic mass is 35.5. The standard InChI is InChI=1S/C11H13ClN2O2/c1-3-5-8(2)13-10-7-4-6-9(12)11(10)14(15)16/h3-4,6-8,13H,1,5H2,2H3. The highest BCUT2D eigenvalue weighted by Gasteiger charge is 2.18. The number of hydrogen-bond acceptors (Lipinski definition) is 3. The molecule has 0 amide bonds. The summed E-state index contributed by atoms with van der Waals surface area (Å²) in [7, 11) is 0. The van der Waals surface area contributed by atoms with Gasteiger partial charge in [0.05, 0.1) is 4.92 Å². The predicted molar refractivity (Wildman–Crippen MR) is 66.0 cm³/mol. The van der Waals surface area contributed by atoms with Gasteiger partial charge < -0.3 is 5.32 Å². The molecule has 5 heteroatoms. The molecule has 0 saturated carbocycles. The van der Waals surface area contributed by atoms with Gasteiger partial charge in [0.2, 0.25) is 0 Å². The minimum absolute atomic E-state index is 0.0784. The molecule has 0 spiro atoms. The smallest absolute Gasteiger partial charge is 0.310 e. The topological polar surface area (TPSA) is 55.2 Å². The number of anilines is 1. The summed E-state index contributed by atoms with van der Waals surface area (Å²) < 4.78 is 0. The third-order valence-electron chi connectivity index (χ3n) is 2.09. The van der Waals surface area contributed by atoms with E-state index in [1.807, 2.05) is 6.92 Å². The van der Waals surface area contributed by atoms with Crippen LogP contribution in [0.25, 0.3) is 0 Å². The first-order valence-corrected chi connectivity index (χ1v) is 5.24. The van der Waals surface area contributed by atoms with E-state index in [1.165, 1.54) is 6.07 Å². The SMILES string of the molecule is C=CCC(C)Nc1cccc(Cl)c1[N+](=O)[O-]. The lowest BCUT2D eigenvalue weighted by Gasteiger charge is -2.13. The van der Waals surface area contributed by atoms with E-state index in [4.69, 9.17) is 11.6 Å². The van der Waals surface area contributed by atoms with Crippen molar-refractivity contribution in [3.05, 3.63) is 46.0 Å². The van der Waals surface area contributed by atoms with Crippen molar-refractivity contribution in [1.29, 1.82) is 0 Å². The first-order valence-electron chi connectivity index (χ1n) is 4.86. The maximum Gasteiger partial charge on any atom is 0.310 e. The molecule has 0 aliphatic carbocycles. The van der Waals surface area contributed by atoms with Crippen LogP contribution >= 0.6 is 11.6 Å². The summed E-state index contributed by atoms with van der Waals surface area (Å²) in [5.41, 5.74) is 0.354. The van der Waals surface area contributed by atoms with E-state index in [9.17, 15) is 10.1 Å². The Hall–Kier alpha value is -1.55. The molecule has 0 aromatic heterocycles. The van der Waals surface area contributed by atoms with Crippen LogP contribution in [0.1, 0.15) is 13.3 Å². The van der Waals surface area contributed by atoms with Crippen LogP contribution in [0.2, 0.25) is 5.02 Å². The fourth-order valence-electron chi connectivity index (χ4n) is 1.39. The second-order valence-corrected chi connectivity index (χ2v) is 3.87. The Morgan fingerprint density at radius 2 is 2.38 bits per heavy atom. The number of hydrogen-bond donors (Lipinski definition) is 1. The molecular weight excluding hydrogens is 228 g/mol. The van der Waals surface area contributed by atoms with Gasteiger partial charge in [-0.05, 0) is 25.5 Å². The average molecular weight is 241 g/mol. The van der Waals surface area contributed by atoms with Gasteiger partial charge >= 0.3 is 5.69 Å². The minimum Gasteiger partial charge on any atom is -0.377 e. The first-order chi connectivity index (χ1) is 7.56. The Morgan fingerprint density at radius 1 is 1.69 bits per heavy atom. The molecule has 0 saturated heterocycles. The van der Waals surface area contributed by atoms with E-state index >= 15 is 0 Å². The molecule has 4 nitrogen and oxygen atoms in total. The van der Waals surface area contributed by atoms with E-state index in [1.54, 1.807) is 18.2 Å². The molecule has 1 unspecified atom stereocenters. The molecule has 16 heavy (non-hydrogen) atoms. The molecule has 0 heterocycles. The zero-order valence-corrected chi connectivity index (χ0v) is 9.70. The largest absolute Gasteiger partial charge is 0.377 e. The molecular formula is C11H13ClN2O2. The van der Waals surface area contributed by atoms with E-state index in [2.05, 4.69) is 11.9 Å². The van der Waals surface area contributed by atoms with Crippen molar-refractivity contribution in [3.63, 3.8) is 0 Å². The molecule has 1 rings (SSSR count). The molecule has 0 aliphatic heterocycles. The van der Waals surface area contributed by atoms with Gasteiger partial charge in [-0.3, -0.25) is 10.1 Å². The summed E-state index contributed by atoms with van der Waals surface area (Å²) >= 11 is 5.78. The highest BCUT2D eigenvalue weighted by molar-refractivity contribution is 6.33. The molecule has 0 bridgehead atoms. The van der Waals surface area contributed by atoms with Gasteiger partial charge in [-0.15, -0.1) is 6.58 Å². The summed E-state index contributed by atoms with van der Waals surface area (Å²) in [5, 5.41) is 14.0. The van der Waals surface area contributed by atoms with Crippen molar-refractivity contribution < 1.29 is 4.92 Å². The molecule has 1 atom stereocenters. The second-order valence-electron chi connectivity index (χ2n) is 3.46. The molecule has 0 radical (unpaired) electrons. The van der Waals surface area contributed by atoms with Crippen molar-refractivity contribution in [2.75, 3.05) is 5.32 Å². The quantitative estimate of drug-likeness (QED) is 0.486. The van der Waals surface area contributed by atoms with Gasteiger partial charge in [0.1, 0.15) is 10.7 Å². The van der Waals surface area contributed by atoms with Crippen LogP contribution in [0.5, 0.6) is 0 Å². The van der Waals surface area contributed by atoms with Gasteiger partial charge in [0.25, 0.3) is 0 Å². The molecule has 86 valence electrons. The average Bonchev–Trinajstić information content (AvgIpc) is 2.17. The number of nitro groups is 1. The summed E-state index contributed by atoms with van der Waals surface area (Å²) in [6.07, 6.45) is 2.48. The highest BCUT2D eigenvalue weighted by Crippen LogP contribution is 2.32. The zero-order chi connectivity index (χ0) is 12.1. The lowest BCUT2D eigenvalue weighted by atomic mass is 10.2. The van der Waals surface area contributed by atoms with Crippen molar-refractivity contribution in [1.82, 2.24) is 0 Å². The lowest BCUT2D eigenvalue weighted by Crippen LogP contribution is -2.14. The van der Waals surface area contributed by atoms with Crippen LogP contribution in [0.15, 0.2) is 30.9 Å². The predicted octanol–water partition coefficient (Wildman–Crippen LogP) is 3.62. The Kier molecular flexibility index (Phi) is 4.31. The van der Waals surface area contributed by atoms with Crippen LogP contribution in [-0.2, 0) is 0 Å². The van der Waals surface area contributed by atoms with Crippen LogP contribution in [0, 0.1) is 10.1 Å². The molecule has 1 aromatic rings. The van der Waals surface area contributed by atoms with E-state index in [0.717, 1.165) is 6.42 Å². The first kappa shape index (κ1) is 12.5. The van der Waals surface area contributed by atoms with E-state index in [-0.39, 0.29) is 16.8 Å².